The summed E-state index contributed by atoms with van der Waals surface area (Å²) in [5, 5.41) is 6.12. The summed E-state index contributed by atoms with van der Waals surface area (Å²) in [5.41, 5.74) is 3.31. The van der Waals surface area contributed by atoms with Gasteiger partial charge in [-0.2, -0.15) is 0 Å². The van der Waals surface area contributed by atoms with E-state index in [4.69, 9.17) is 34.8 Å². The van der Waals surface area contributed by atoms with Gasteiger partial charge in [-0.3, -0.25) is 14.4 Å². The summed E-state index contributed by atoms with van der Waals surface area (Å²) in [4.78, 5) is 39.6. The van der Waals surface area contributed by atoms with Crippen LogP contribution in [0, 0.1) is 13.8 Å². The van der Waals surface area contributed by atoms with Crippen LogP contribution in [-0.4, -0.2) is 17.7 Å². The van der Waals surface area contributed by atoms with Crippen LogP contribution in [-0.2, 0) is 9.59 Å². The number of hydrogen-bond donors (Lipinski definition) is 2. The van der Waals surface area contributed by atoms with Gasteiger partial charge in [0, 0.05) is 16.3 Å². The number of rotatable bonds is 5. The lowest BCUT2D eigenvalue weighted by Crippen LogP contribution is -2.32. The van der Waals surface area contributed by atoms with Gasteiger partial charge in [0.15, 0.2) is 0 Å². The molecule has 0 radical (unpaired) electrons. The van der Waals surface area contributed by atoms with E-state index in [9.17, 15) is 14.4 Å². The van der Waals surface area contributed by atoms with Crippen LogP contribution in [0.15, 0.2) is 71.4 Å². The van der Waals surface area contributed by atoms with Crippen LogP contribution in [0.25, 0.3) is 0 Å². The molecule has 3 aromatic rings. The van der Waals surface area contributed by atoms with Crippen molar-refractivity contribution in [1.82, 2.24) is 0 Å². The average Bonchev–Trinajstić information content (AvgIpc) is 2.98. The monoisotopic (exact) mass is 513 g/mol. The first-order chi connectivity index (χ1) is 16.1. The fraction of sp³-hybridized carbons (Fsp3) is 0.0800. The summed E-state index contributed by atoms with van der Waals surface area (Å²) in [6, 6.07) is 16.6. The molecule has 0 unspecified atom stereocenters. The molecular formula is C25H18Cl3N3O3. The van der Waals surface area contributed by atoms with Gasteiger partial charge in [0.05, 0.1) is 16.4 Å². The number of nitrogens with one attached hydrogen (secondary N) is 2. The molecule has 2 N–H and O–H groups in total. The van der Waals surface area contributed by atoms with Crippen LogP contribution in [0.4, 0.5) is 17.1 Å². The smallest absolute Gasteiger partial charge is 0.283 e. The van der Waals surface area contributed by atoms with Gasteiger partial charge in [0.1, 0.15) is 10.7 Å². The maximum Gasteiger partial charge on any atom is 0.283 e. The quantitative estimate of drug-likeness (QED) is 0.392. The highest BCUT2D eigenvalue weighted by atomic mass is 35.5. The van der Waals surface area contributed by atoms with Crippen LogP contribution in [0.2, 0.25) is 10.0 Å². The van der Waals surface area contributed by atoms with Crippen molar-refractivity contribution in [2.45, 2.75) is 13.8 Å². The maximum atomic E-state index is 13.1. The minimum absolute atomic E-state index is 0.0656. The van der Waals surface area contributed by atoms with Crippen LogP contribution >= 0.6 is 34.8 Å². The summed E-state index contributed by atoms with van der Waals surface area (Å²) in [6.45, 7) is 3.76. The lowest BCUT2D eigenvalue weighted by Gasteiger charge is -2.16. The fourth-order valence-corrected chi connectivity index (χ4v) is 4.26. The lowest BCUT2D eigenvalue weighted by molar-refractivity contribution is -0.120. The Labute approximate surface area is 211 Å². The Morgan fingerprint density at radius 2 is 1.56 bits per heavy atom. The molecule has 0 aliphatic carbocycles. The first kappa shape index (κ1) is 23.8. The molecule has 0 atom stereocenters. The Balaban J connectivity index is 1.56. The van der Waals surface area contributed by atoms with Gasteiger partial charge in [-0.05, 0) is 73.5 Å². The van der Waals surface area contributed by atoms with Gasteiger partial charge in [-0.15, -0.1) is 0 Å². The van der Waals surface area contributed by atoms with Gasteiger partial charge in [0.25, 0.3) is 17.7 Å². The van der Waals surface area contributed by atoms with Crippen LogP contribution in [0.3, 0.4) is 0 Å². The molecule has 34 heavy (non-hydrogen) atoms. The third-order valence-corrected chi connectivity index (χ3v) is 5.96. The normalized spacial score (nSPS) is 13.5. The third-order valence-electron chi connectivity index (χ3n) is 5.07. The van der Waals surface area contributed by atoms with Crippen molar-refractivity contribution in [3.63, 3.8) is 0 Å². The zero-order valence-corrected chi connectivity index (χ0v) is 20.3. The van der Waals surface area contributed by atoms with Crippen LogP contribution in [0.1, 0.15) is 21.5 Å². The Bertz CT molecular complexity index is 1360. The predicted octanol–water partition coefficient (Wildman–Crippen LogP) is 6.30. The number of aryl methyl sites for hydroxylation is 2. The van der Waals surface area contributed by atoms with Gasteiger partial charge < -0.3 is 10.6 Å². The molecule has 1 heterocycles. The van der Waals surface area contributed by atoms with E-state index < -0.39 is 17.7 Å². The maximum absolute atomic E-state index is 13.1. The van der Waals surface area contributed by atoms with Gasteiger partial charge in [-0.25, -0.2) is 4.90 Å². The number of nitrogens with zero attached hydrogens (tertiary/aromatic N) is 1. The van der Waals surface area contributed by atoms with Gasteiger partial charge in [0.2, 0.25) is 0 Å². The number of carbonyl (C=O) groups excluding carboxylic acids is 3. The summed E-state index contributed by atoms with van der Waals surface area (Å²) in [7, 11) is 0. The first-order valence-corrected chi connectivity index (χ1v) is 11.3. The van der Waals surface area contributed by atoms with E-state index in [0.29, 0.717) is 32.7 Å². The van der Waals surface area contributed by atoms with E-state index in [1.807, 2.05) is 19.9 Å². The molecule has 3 amide bonds. The van der Waals surface area contributed by atoms with Crippen molar-refractivity contribution in [2.75, 3.05) is 15.5 Å². The standard InChI is InChI=1S/C25H18Cl3N3O3/c1-13-8-14(2)10-18(9-13)31-24(33)21(28)22(25(31)34)29-17-5-3-4-15(11-17)23(32)30-20-7-6-16(26)12-19(20)27/h3-12,29H,1-2H3,(H,30,32). The van der Waals surface area contributed by atoms with Crippen molar-refractivity contribution < 1.29 is 14.4 Å². The molecule has 4 rings (SSSR count). The molecule has 0 spiro atoms. The van der Waals surface area contributed by atoms with Gasteiger partial charge >= 0.3 is 0 Å². The zero-order valence-electron chi connectivity index (χ0n) is 18.1. The van der Waals surface area contributed by atoms with Crippen molar-refractivity contribution in [1.29, 1.82) is 0 Å². The molecular weight excluding hydrogens is 497 g/mol. The summed E-state index contributed by atoms with van der Waals surface area (Å²) >= 11 is 18.3. The number of carbonyl (C=O) groups is 3. The number of anilines is 3. The topological polar surface area (TPSA) is 78.5 Å². The molecule has 0 saturated heterocycles. The molecule has 0 bridgehead atoms. The van der Waals surface area contributed by atoms with E-state index in [-0.39, 0.29) is 10.7 Å². The number of halogens is 3. The Morgan fingerprint density at radius 1 is 0.853 bits per heavy atom. The highest BCUT2D eigenvalue weighted by molar-refractivity contribution is 6.53. The third kappa shape index (κ3) is 4.80. The molecule has 0 saturated carbocycles. The fourth-order valence-electron chi connectivity index (χ4n) is 3.59. The molecule has 1 aliphatic heterocycles. The van der Waals surface area contributed by atoms with Gasteiger partial charge in [-0.1, -0.05) is 46.9 Å². The summed E-state index contributed by atoms with van der Waals surface area (Å²) < 4.78 is 0. The van der Waals surface area contributed by atoms with E-state index >= 15 is 0 Å². The molecule has 0 fully saturated rings. The number of imide groups is 1. The van der Waals surface area contributed by atoms with E-state index in [1.165, 1.54) is 12.1 Å². The Kier molecular flexibility index (Phi) is 6.66. The highest BCUT2D eigenvalue weighted by Gasteiger charge is 2.39. The van der Waals surface area contributed by atoms with E-state index in [1.54, 1.807) is 42.5 Å². The number of amides is 3. The molecule has 1 aliphatic rings. The number of benzene rings is 3. The summed E-state index contributed by atoms with van der Waals surface area (Å²) in [6.07, 6.45) is 0. The highest BCUT2D eigenvalue weighted by Crippen LogP contribution is 2.31. The average molecular weight is 515 g/mol. The molecule has 3 aromatic carbocycles. The second kappa shape index (κ2) is 9.50. The Morgan fingerprint density at radius 3 is 2.24 bits per heavy atom. The number of hydrogen-bond acceptors (Lipinski definition) is 4. The molecule has 172 valence electrons. The van der Waals surface area contributed by atoms with Crippen molar-refractivity contribution in [3.8, 4) is 0 Å². The minimum Gasteiger partial charge on any atom is -0.350 e. The van der Waals surface area contributed by atoms with Crippen molar-refractivity contribution >= 4 is 69.6 Å². The second-order valence-electron chi connectivity index (χ2n) is 7.76. The minimum atomic E-state index is -0.620. The van der Waals surface area contributed by atoms with Crippen molar-refractivity contribution in [3.05, 3.63) is 98.1 Å². The molecule has 6 nitrogen and oxygen atoms in total. The predicted molar refractivity (Wildman–Crippen MR) is 136 cm³/mol. The SMILES string of the molecule is Cc1cc(C)cc(N2C(=O)C(Cl)=C(Nc3cccc(C(=O)Nc4ccc(Cl)cc4Cl)c3)C2=O)c1. The second-order valence-corrected chi connectivity index (χ2v) is 8.99. The summed E-state index contributed by atoms with van der Waals surface area (Å²) in [5.74, 6) is -1.62. The lowest BCUT2D eigenvalue weighted by atomic mass is 10.1. The zero-order chi connectivity index (χ0) is 24.6. The van der Waals surface area contributed by atoms with Crippen molar-refractivity contribution in [2.24, 2.45) is 0 Å². The van der Waals surface area contributed by atoms with Crippen LogP contribution < -0.4 is 15.5 Å². The van der Waals surface area contributed by atoms with Crippen LogP contribution in [0.5, 0.6) is 0 Å². The largest absolute Gasteiger partial charge is 0.350 e. The Hall–Kier alpha value is -3.32. The van der Waals surface area contributed by atoms with E-state index in [0.717, 1.165) is 16.0 Å². The molecule has 9 heteroatoms. The molecule has 0 aromatic heterocycles. The first-order valence-electron chi connectivity index (χ1n) is 10.1. The van der Waals surface area contributed by atoms with E-state index in [2.05, 4.69) is 10.6 Å².